The van der Waals surface area contributed by atoms with Crippen molar-refractivity contribution in [3.05, 3.63) is 87.9 Å². The van der Waals surface area contributed by atoms with Gasteiger partial charge >= 0.3 is 0 Å². The molecule has 1 aliphatic rings. The third-order valence-corrected chi connectivity index (χ3v) is 10.5. The number of ketones is 1. The fourth-order valence-corrected chi connectivity index (χ4v) is 7.81. The van der Waals surface area contributed by atoms with E-state index in [0.717, 1.165) is 75.0 Å². The van der Waals surface area contributed by atoms with E-state index in [1.807, 2.05) is 12.1 Å². The van der Waals surface area contributed by atoms with Crippen molar-refractivity contribution in [3.8, 4) is 0 Å². The van der Waals surface area contributed by atoms with Crippen LogP contribution in [0.2, 0.25) is 0 Å². The molecule has 46 heavy (non-hydrogen) atoms. The lowest BCUT2D eigenvalue weighted by Crippen LogP contribution is -2.43. The second kappa shape index (κ2) is 16.5. The molecule has 3 heterocycles. The lowest BCUT2D eigenvalue weighted by Gasteiger charge is -2.33. The highest BCUT2D eigenvalue weighted by Gasteiger charge is 2.27. The maximum atomic E-state index is 13.7. The number of fused-ring (bicyclic) bond motifs is 1. The maximum absolute atomic E-state index is 13.7. The molecule has 7 heteroatoms. The number of hydrogen-bond acceptors (Lipinski definition) is 5. The summed E-state index contributed by atoms with van der Waals surface area (Å²) in [5.41, 5.74) is 3.96. The number of likely N-dealkylation sites (tertiary alicyclic amines) is 1. The van der Waals surface area contributed by atoms with Gasteiger partial charge in [-0.3, -0.25) is 9.59 Å². The van der Waals surface area contributed by atoms with E-state index < -0.39 is 0 Å². The fraction of sp³-hybridized carbons (Fsp3) is 0.513. The Morgan fingerprint density at radius 3 is 2.57 bits per heavy atom. The lowest BCUT2D eigenvalue weighted by molar-refractivity contribution is -0.125. The number of carbonyl (C=O) groups excluding carboxylic acids is 2. The first-order valence-corrected chi connectivity index (χ1v) is 18.3. The Morgan fingerprint density at radius 2 is 1.85 bits per heavy atom. The monoisotopic (exact) mass is 640 g/mol. The highest BCUT2D eigenvalue weighted by molar-refractivity contribution is 7.09. The number of amides is 1. The molecule has 0 bridgehead atoms. The predicted octanol–water partition coefficient (Wildman–Crippen LogP) is 8.36. The SMILES string of the molecule is CCC(CC)n1c(Cc2cccs2)nc2cc(C(=O)C[C@@H](CC(C)C)C(=O)NCC3CCCN(CCc4ccccc4)C3)ccc21. The van der Waals surface area contributed by atoms with E-state index in [1.54, 1.807) is 11.3 Å². The summed E-state index contributed by atoms with van der Waals surface area (Å²) in [5.74, 6) is 1.52. The molecule has 1 aliphatic heterocycles. The van der Waals surface area contributed by atoms with Gasteiger partial charge in [0.15, 0.2) is 5.78 Å². The molecule has 1 amide bonds. The number of Topliss-reactive ketones (excluding diaryl/α,β-unsaturated/α-hetero) is 1. The Morgan fingerprint density at radius 1 is 1.04 bits per heavy atom. The summed E-state index contributed by atoms with van der Waals surface area (Å²) in [5, 5.41) is 5.37. The van der Waals surface area contributed by atoms with Crippen LogP contribution < -0.4 is 5.32 Å². The molecular formula is C39H52N4O2S. The second-order valence-corrected chi connectivity index (χ2v) is 14.6. The topological polar surface area (TPSA) is 67.2 Å². The van der Waals surface area contributed by atoms with Gasteiger partial charge in [0.25, 0.3) is 0 Å². The van der Waals surface area contributed by atoms with Gasteiger partial charge in [-0.1, -0.05) is 64.1 Å². The van der Waals surface area contributed by atoms with E-state index in [1.165, 1.54) is 10.4 Å². The van der Waals surface area contributed by atoms with E-state index in [0.29, 0.717) is 36.4 Å². The van der Waals surface area contributed by atoms with Crippen molar-refractivity contribution >= 4 is 34.1 Å². The van der Waals surface area contributed by atoms with Crippen LogP contribution in [0.5, 0.6) is 0 Å². The Bertz CT molecular complexity index is 1540. The van der Waals surface area contributed by atoms with Crippen LogP contribution in [0.3, 0.4) is 0 Å². The first kappa shape index (κ1) is 34.1. The van der Waals surface area contributed by atoms with Crippen molar-refractivity contribution in [2.24, 2.45) is 17.8 Å². The minimum absolute atomic E-state index is 0.0146. The number of hydrogen-bond donors (Lipinski definition) is 1. The third-order valence-electron chi connectivity index (χ3n) is 9.59. The van der Waals surface area contributed by atoms with Gasteiger partial charge in [-0.2, -0.15) is 0 Å². The Balaban J connectivity index is 1.23. The summed E-state index contributed by atoms with van der Waals surface area (Å²) in [6.07, 6.45) is 7.10. The highest BCUT2D eigenvalue weighted by Crippen LogP contribution is 2.29. The zero-order chi connectivity index (χ0) is 32.5. The molecule has 1 N–H and O–H groups in total. The number of imidazole rings is 1. The number of nitrogens with one attached hydrogen (secondary N) is 1. The first-order valence-electron chi connectivity index (χ1n) is 17.4. The van der Waals surface area contributed by atoms with Crippen LogP contribution in [0.4, 0.5) is 0 Å². The summed E-state index contributed by atoms with van der Waals surface area (Å²) in [4.78, 5) is 36.1. The molecule has 0 aliphatic carbocycles. The summed E-state index contributed by atoms with van der Waals surface area (Å²) in [7, 11) is 0. The molecule has 5 rings (SSSR count). The quantitative estimate of drug-likeness (QED) is 0.125. The lowest BCUT2D eigenvalue weighted by atomic mass is 9.89. The first-order chi connectivity index (χ1) is 22.3. The van der Waals surface area contributed by atoms with E-state index >= 15 is 0 Å². The van der Waals surface area contributed by atoms with Crippen molar-refractivity contribution in [2.45, 2.75) is 85.1 Å². The van der Waals surface area contributed by atoms with Gasteiger partial charge in [0.2, 0.25) is 5.91 Å². The molecule has 1 unspecified atom stereocenters. The van der Waals surface area contributed by atoms with Crippen LogP contribution >= 0.6 is 11.3 Å². The summed E-state index contributed by atoms with van der Waals surface area (Å²) < 4.78 is 2.38. The van der Waals surface area contributed by atoms with E-state index in [4.69, 9.17) is 4.98 Å². The second-order valence-electron chi connectivity index (χ2n) is 13.6. The summed E-state index contributed by atoms with van der Waals surface area (Å²) >= 11 is 1.75. The Kier molecular flexibility index (Phi) is 12.2. The van der Waals surface area contributed by atoms with Gasteiger partial charge in [-0.25, -0.2) is 4.98 Å². The zero-order valence-electron chi connectivity index (χ0n) is 28.2. The molecule has 4 aromatic rings. The molecule has 6 nitrogen and oxygen atoms in total. The average Bonchev–Trinajstić information content (AvgIpc) is 3.71. The molecule has 2 aromatic carbocycles. The van der Waals surface area contributed by atoms with Crippen LogP contribution in [0.15, 0.2) is 66.0 Å². The van der Waals surface area contributed by atoms with E-state index in [-0.39, 0.29) is 24.0 Å². The summed E-state index contributed by atoms with van der Waals surface area (Å²) in [6.45, 7) is 12.6. The number of carbonyl (C=O) groups is 2. The normalized spacial score (nSPS) is 16.3. The predicted molar refractivity (Wildman–Crippen MR) is 191 cm³/mol. The van der Waals surface area contributed by atoms with Crippen molar-refractivity contribution in [1.29, 1.82) is 0 Å². The molecular weight excluding hydrogens is 589 g/mol. The van der Waals surface area contributed by atoms with Crippen LogP contribution in [0.25, 0.3) is 11.0 Å². The van der Waals surface area contributed by atoms with Crippen molar-refractivity contribution in [3.63, 3.8) is 0 Å². The number of piperidine rings is 1. The minimum atomic E-state index is -0.336. The maximum Gasteiger partial charge on any atom is 0.223 e. The van der Waals surface area contributed by atoms with Gasteiger partial charge in [0.1, 0.15) is 5.82 Å². The fourth-order valence-electron chi connectivity index (χ4n) is 7.11. The number of thiophene rings is 1. The van der Waals surface area contributed by atoms with Gasteiger partial charge in [0, 0.05) is 54.9 Å². The van der Waals surface area contributed by atoms with Crippen LogP contribution in [-0.4, -0.2) is 52.3 Å². The van der Waals surface area contributed by atoms with Crippen molar-refractivity contribution < 1.29 is 9.59 Å². The molecule has 0 radical (unpaired) electrons. The van der Waals surface area contributed by atoms with Crippen molar-refractivity contribution in [1.82, 2.24) is 19.8 Å². The average molecular weight is 641 g/mol. The molecule has 246 valence electrons. The summed E-state index contributed by atoms with van der Waals surface area (Å²) in [6, 6.07) is 21.2. The van der Waals surface area contributed by atoms with Crippen molar-refractivity contribution in [2.75, 3.05) is 26.2 Å². The molecule has 2 atom stereocenters. The molecule has 0 saturated carbocycles. The van der Waals surface area contributed by atoms with E-state index in [2.05, 4.69) is 96.4 Å². The van der Waals surface area contributed by atoms with Crippen LogP contribution in [-0.2, 0) is 17.6 Å². The smallest absolute Gasteiger partial charge is 0.223 e. The van der Waals surface area contributed by atoms with Gasteiger partial charge < -0.3 is 14.8 Å². The van der Waals surface area contributed by atoms with Crippen LogP contribution in [0.1, 0.15) is 98.9 Å². The molecule has 1 saturated heterocycles. The Hall–Kier alpha value is -3.29. The van der Waals surface area contributed by atoms with Gasteiger partial charge in [-0.05, 0) is 92.1 Å². The number of nitrogens with zero attached hydrogens (tertiary/aromatic N) is 3. The minimum Gasteiger partial charge on any atom is -0.356 e. The number of rotatable bonds is 16. The molecule has 1 fully saturated rings. The standard InChI is InChI=1S/C39H52N4O2S/c1-5-33(6-2)43-36-17-16-31(23-35(36)41-38(43)25-34-15-11-21-46-34)37(44)24-32(22-28(3)4)39(45)40-26-30-14-10-19-42(27-30)20-18-29-12-8-7-9-13-29/h7-9,11-13,15-17,21,23,28,30,32-33H,5-6,10,14,18-20,22,24-27H2,1-4H3,(H,40,45)/t30?,32-/m1/s1. The Labute approximate surface area is 279 Å². The third kappa shape index (κ3) is 8.95. The van der Waals surface area contributed by atoms with Gasteiger partial charge in [-0.15, -0.1) is 11.3 Å². The van der Waals surface area contributed by atoms with Gasteiger partial charge in [0.05, 0.1) is 11.0 Å². The van der Waals surface area contributed by atoms with E-state index in [9.17, 15) is 9.59 Å². The largest absolute Gasteiger partial charge is 0.356 e. The zero-order valence-corrected chi connectivity index (χ0v) is 29.0. The number of benzene rings is 2. The molecule has 0 spiro atoms. The van der Waals surface area contributed by atoms with Crippen LogP contribution in [0, 0.1) is 17.8 Å². The number of aromatic nitrogens is 2. The highest BCUT2D eigenvalue weighted by atomic mass is 32.1. The molecule has 2 aromatic heterocycles.